The molecule has 0 unspecified atom stereocenters. The summed E-state index contributed by atoms with van der Waals surface area (Å²) in [7, 11) is 3.12. The summed E-state index contributed by atoms with van der Waals surface area (Å²) in [6.07, 6.45) is 4.46. The molecule has 0 aliphatic carbocycles. The van der Waals surface area contributed by atoms with Gasteiger partial charge in [-0.1, -0.05) is 0 Å². The SMILES string of the molecule is COc1cc(I)c(C(=O)NCCCn2cccn2)cc1OC. The van der Waals surface area contributed by atoms with Crippen molar-refractivity contribution in [2.45, 2.75) is 13.0 Å². The van der Waals surface area contributed by atoms with Gasteiger partial charge in [0, 0.05) is 29.1 Å². The topological polar surface area (TPSA) is 65.4 Å². The standard InChI is InChI=1S/C15H18IN3O3/c1-21-13-9-11(12(16)10-14(13)22-2)15(20)17-5-3-7-19-8-4-6-18-19/h4,6,8-10H,3,5,7H2,1-2H3,(H,17,20). The van der Waals surface area contributed by atoms with Crippen molar-refractivity contribution in [3.8, 4) is 11.5 Å². The predicted octanol–water partition coefficient (Wildman–Crippen LogP) is 2.33. The summed E-state index contributed by atoms with van der Waals surface area (Å²) in [4.78, 5) is 12.3. The minimum atomic E-state index is -0.120. The van der Waals surface area contributed by atoms with E-state index in [-0.39, 0.29) is 5.91 Å². The van der Waals surface area contributed by atoms with Crippen LogP contribution in [0.25, 0.3) is 0 Å². The molecule has 1 N–H and O–H groups in total. The molecule has 0 saturated heterocycles. The summed E-state index contributed by atoms with van der Waals surface area (Å²) in [5.41, 5.74) is 0.581. The Morgan fingerprint density at radius 2 is 2.05 bits per heavy atom. The van der Waals surface area contributed by atoms with Crippen LogP contribution in [0.3, 0.4) is 0 Å². The summed E-state index contributed by atoms with van der Waals surface area (Å²) in [5, 5.41) is 7.03. The van der Waals surface area contributed by atoms with Crippen LogP contribution in [0.1, 0.15) is 16.8 Å². The van der Waals surface area contributed by atoms with Crippen LogP contribution in [0.4, 0.5) is 0 Å². The van der Waals surface area contributed by atoms with Gasteiger partial charge in [0.1, 0.15) is 0 Å². The van der Waals surface area contributed by atoms with E-state index in [2.05, 4.69) is 33.0 Å². The molecule has 118 valence electrons. The lowest BCUT2D eigenvalue weighted by molar-refractivity contribution is 0.0951. The van der Waals surface area contributed by atoms with Crippen molar-refractivity contribution in [1.29, 1.82) is 0 Å². The molecule has 1 aromatic carbocycles. The fourth-order valence-electron chi connectivity index (χ4n) is 2.00. The molecule has 0 spiro atoms. The van der Waals surface area contributed by atoms with Crippen LogP contribution < -0.4 is 14.8 Å². The van der Waals surface area contributed by atoms with E-state index in [4.69, 9.17) is 9.47 Å². The van der Waals surface area contributed by atoms with Gasteiger partial charge in [0.05, 0.1) is 19.8 Å². The highest BCUT2D eigenvalue weighted by Gasteiger charge is 2.15. The Balaban J connectivity index is 1.94. The van der Waals surface area contributed by atoms with Crippen LogP contribution in [0.2, 0.25) is 0 Å². The van der Waals surface area contributed by atoms with Gasteiger partial charge in [-0.2, -0.15) is 5.10 Å². The van der Waals surface area contributed by atoms with Gasteiger partial charge in [-0.25, -0.2) is 0 Å². The zero-order valence-corrected chi connectivity index (χ0v) is 14.7. The molecule has 2 rings (SSSR count). The lowest BCUT2D eigenvalue weighted by atomic mass is 10.2. The third kappa shape index (κ3) is 4.12. The van der Waals surface area contributed by atoms with Gasteiger partial charge in [-0.05, 0) is 47.2 Å². The number of halogens is 1. The highest BCUT2D eigenvalue weighted by molar-refractivity contribution is 14.1. The van der Waals surface area contributed by atoms with Gasteiger partial charge >= 0.3 is 0 Å². The maximum atomic E-state index is 12.3. The Kier molecular flexibility index (Phi) is 6.05. The lowest BCUT2D eigenvalue weighted by Crippen LogP contribution is -2.26. The fraction of sp³-hybridized carbons (Fsp3) is 0.333. The Bertz CT molecular complexity index is 629. The summed E-state index contributed by atoms with van der Waals surface area (Å²) in [6.45, 7) is 1.36. The maximum Gasteiger partial charge on any atom is 0.252 e. The second-order valence-corrected chi connectivity index (χ2v) is 5.73. The van der Waals surface area contributed by atoms with Gasteiger partial charge < -0.3 is 14.8 Å². The number of hydrogen-bond donors (Lipinski definition) is 1. The number of benzene rings is 1. The summed E-state index contributed by atoms with van der Waals surface area (Å²) in [6, 6.07) is 5.37. The second-order valence-electron chi connectivity index (χ2n) is 4.57. The minimum Gasteiger partial charge on any atom is -0.493 e. The van der Waals surface area contributed by atoms with Gasteiger partial charge in [0.25, 0.3) is 5.91 Å². The van der Waals surface area contributed by atoms with E-state index in [1.807, 2.05) is 16.9 Å². The smallest absolute Gasteiger partial charge is 0.252 e. The Morgan fingerprint density at radius 3 is 2.68 bits per heavy atom. The molecule has 7 heteroatoms. The van der Waals surface area contributed by atoms with Crippen molar-refractivity contribution in [1.82, 2.24) is 15.1 Å². The number of carbonyl (C=O) groups is 1. The van der Waals surface area contributed by atoms with Gasteiger partial charge in [-0.3, -0.25) is 9.48 Å². The predicted molar refractivity (Wildman–Crippen MR) is 91.4 cm³/mol. The number of aromatic nitrogens is 2. The quantitative estimate of drug-likeness (QED) is 0.557. The van der Waals surface area contributed by atoms with Crippen LogP contribution in [0.5, 0.6) is 11.5 Å². The van der Waals surface area contributed by atoms with Crippen LogP contribution in [0.15, 0.2) is 30.6 Å². The average Bonchev–Trinajstić information content (AvgIpc) is 3.04. The Labute approximate surface area is 142 Å². The van der Waals surface area contributed by atoms with Crippen molar-refractivity contribution in [3.05, 3.63) is 39.7 Å². The fourth-order valence-corrected chi connectivity index (χ4v) is 2.68. The number of carbonyl (C=O) groups excluding carboxylic acids is 1. The van der Waals surface area contributed by atoms with Crippen LogP contribution >= 0.6 is 22.6 Å². The first kappa shape index (κ1) is 16.6. The largest absolute Gasteiger partial charge is 0.493 e. The molecule has 0 aliphatic heterocycles. The number of amides is 1. The number of ether oxygens (including phenoxy) is 2. The van der Waals surface area contributed by atoms with Crippen LogP contribution in [-0.4, -0.2) is 36.5 Å². The van der Waals surface area contributed by atoms with E-state index in [0.717, 1.165) is 16.5 Å². The molecule has 0 bridgehead atoms. The average molecular weight is 415 g/mol. The number of nitrogens with one attached hydrogen (secondary N) is 1. The molecule has 6 nitrogen and oxygen atoms in total. The highest BCUT2D eigenvalue weighted by atomic mass is 127. The van der Waals surface area contributed by atoms with Crippen LogP contribution in [0, 0.1) is 3.57 Å². The van der Waals surface area contributed by atoms with Crippen molar-refractivity contribution >= 4 is 28.5 Å². The van der Waals surface area contributed by atoms with Crippen molar-refractivity contribution < 1.29 is 14.3 Å². The Hall–Kier alpha value is -1.77. The third-order valence-electron chi connectivity index (χ3n) is 3.13. The summed E-state index contributed by atoms with van der Waals surface area (Å²) in [5.74, 6) is 1.04. The second kappa shape index (κ2) is 8.02. The molecule has 0 saturated carbocycles. The third-order valence-corrected chi connectivity index (χ3v) is 4.02. The van der Waals surface area contributed by atoms with E-state index in [1.165, 1.54) is 0 Å². The maximum absolute atomic E-state index is 12.3. The molecule has 1 heterocycles. The van der Waals surface area contributed by atoms with Crippen molar-refractivity contribution in [2.24, 2.45) is 0 Å². The molecule has 0 aliphatic rings. The molecule has 0 fully saturated rings. The first-order valence-corrected chi connectivity index (χ1v) is 7.90. The van der Waals surface area contributed by atoms with E-state index < -0.39 is 0 Å². The Morgan fingerprint density at radius 1 is 1.32 bits per heavy atom. The molecule has 1 amide bonds. The first-order chi connectivity index (χ1) is 10.7. The zero-order valence-electron chi connectivity index (χ0n) is 12.5. The van der Waals surface area contributed by atoms with Crippen LogP contribution in [-0.2, 0) is 6.54 Å². The van der Waals surface area contributed by atoms with Gasteiger partial charge in [-0.15, -0.1) is 0 Å². The van der Waals surface area contributed by atoms with E-state index >= 15 is 0 Å². The summed E-state index contributed by atoms with van der Waals surface area (Å²) < 4.78 is 13.1. The highest BCUT2D eigenvalue weighted by Crippen LogP contribution is 2.31. The number of rotatable bonds is 7. The molecule has 0 atom stereocenters. The van der Waals surface area contributed by atoms with Gasteiger partial charge in [0.2, 0.25) is 0 Å². The number of nitrogens with zero attached hydrogens (tertiary/aromatic N) is 2. The van der Waals surface area contributed by atoms with E-state index in [9.17, 15) is 4.79 Å². The molecule has 1 aromatic heterocycles. The number of aryl methyl sites for hydroxylation is 1. The number of hydrogen-bond acceptors (Lipinski definition) is 4. The summed E-state index contributed by atoms with van der Waals surface area (Å²) >= 11 is 2.12. The first-order valence-electron chi connectivity index (χ1n) is 6.83. The molecule has 22 heavy (non-hydrogen) atoms. The monoisotopic (exact) mass is 415 g/mol. The molecular formula is C15H18IN3O3. The van der Waals surface area contributed by atoms with E-state index in [0.29, 0.717) is 23.6 Å². The van der Waals surface area contributed by atoms with Crippen molar-refractivity contribution in [3.63, 3.8) is 0 Å². The zero-order chi connectivity index (χ0) is 15.9. The van der Waals surface area contributed by atoms with Crippen molar-refractivity contribution in [2.75, 3.05) is 20.8 Å². The minimum absolute atomic E-state index is 0.120. The van der Waals surface area contributed by atoms with E-state index in [1.54, 1.807) is 32.5 Å². The molecule has 2 aromatic rings. The normalized spacial score (nSPS) is 10.3. The molecular weight excluding hydrogens is 397 g/mol. The van der Waals surface area contributed by atoms with Gasteiger partial charge in [0.15, 0.2) is 11.5 Å². The number of methoxy groups -OCH3 is 2. The molecule has 0 radical (unpaired) electrons. The lowest BCUT2D eigenvalue weighted by Gasteiger charge is -2.12.